The predicted molar refractivity (Wildman–Crippen MR) is 101 cm³/mol. The number of aromatic nitrogens is 2. The van der Waals surface area contributed by atoms with Crippen LogP contribution in [0.1, 0.15) is 30.9 Å². The van der Waals surface area contributed by atoms with Crippen molar-refractivity contribution in [2.75, 3.05) is 26.3 Å². The molecule has 0 atom stereocenters. The molecule has 4 heteroatoms. The fraction of sp³-hybridized carbons (Fsp3) is 0.381. The highest BCUT2D eigenvalue weighted by Gasteiger charge is 2.17. The smallest absolute Gasteiger partial charge is 0.0876 e. The number of hydrogen-bond acceptors (Lipinski definition) is 3. The molecule has 25 heavy (non-hydrogen) atoms. The molecule has 3 aromatic rings. The summed E-state index contributed by atoms with van der Waals surface area (Å²) in [6, 6.07) is 13.0. The van der Waals surface area contributed by atoms with Crippen LogP contribution >= 0.6 is 0 Å². The van der Waals surface area contributed by atoms with Crippen LogP contribution in [0.15, 0.2) is 48.8 Å². The second-order valence-electron chi connectivity index (χ2n) is 7.04. The Morgan fingerprint density at radius 3 is 2.76 bits per heavy atom. The van der Waals surface area contributed by atoms with Crippen LogP contribution in [0.25, 0.3) is 16.9 Å². The quantitative estimate of drug-likeness (QED) is 0.723. The molecule has 0 bridgehead atoms. The first-order valence-electron chi connectivity index (χ1n) is 9.08. The normalized spacial score (nSPS) is 16.0. The van der Waals surface area contributed by atoms with E-state index < -0.39 is 0 Å². The van der Waals surface area contributed by atoms with Crippen molar-refractivity contribution in [3.05, 3.63) is 59.9 Å². The number of fused-ring (bicyclic) bond motifs is 1. The monoisotopic (exact) mass is 335 g/mol. The van der Waals surface area contributed by atoms with Crippen molar-refractivity contribution >= 4 is 5.52 Å². The lowest BCUT2D eigenvalue weighted by molar-refractivity contribution is 0.0342. The summed E-state index contributed by atoms with van der Waals surface area (Å²) in [5.74, 6) is 0.458. The van der Waals surface area contributed by atoms with Gasteiger partial charge < -0.3 is 9.14 Å². The van der Waals surface area contributed by atoms with Crippen molar-refractivity contribution in [1.29, 1.82) is 0 Å². The van der Waals surface area contributed by atoms with Crippen LogP contribution in [0.3, 0.4) is 0 Å². The van der Waals surface area contributed by atoms with Gasteiger partial charge in [0.1, 0.15) is 0 Å². The number of hydrogen-bond donors (Lipinski definition) is 0. The number of nitrogens with zero attached hydrogens (tertiary/aromatic N) is 3. The van der Waals surface area contributed by atoms with E-state index in [4.69, 9.17) is 9.72 Å². The topological polar surface area (TPSA) is 29.8 Å². The van der Waals surface area contributed by atoms with E-state index in [1.165, 1.54) is 22.3 Å². The van der Waals surface area contributed by atoms with Crippen LogP contribution < -0.4 is 0 Å². The summed E-state index contributed by atoms with van der Waals surface area (Å²) in [4.78, 5) is 7.15. The van der Waals surface area contributed by atoms with Crippen LogP contribution in [0, 0.1) is 0 Å². The van der Waals surface area contributed by atoms with Gasteiger partial charge in [-0.15, -0.1) is 0 Å². The Labute approximate surface area is 149 Å². The van der Waals surface area contributed by atoms with Crippen molar-refractivity contribution < 1.29 is 4.74 Å². The molecule has 130 valence electrons. The summed E-state index contributed by atoms with van der Waals surface area (Å²) in [6.45, 7) is 9.12. The largest absolute Gasteiger partial charge is 0.379 e. The molecule has 0 N–H and O–H groups in total. The predicted octanol–water partition coefficient (Wildman–Crippen LogP) is 3.96. The fourth-order valence-electron chi connectivity index (χ4n) is 3.58. The van der Waals surface area contributed by atoms with Crippen molar-refractivity contribution in [3.63, 3.8) is 0 Å². The third kappa shape index (κ3) is 3.32. The zero-order valence-electron chi connectivity index (χ0n) is 15.0. The molecule has 4 nitrogen and oxygen atoms in total. The Kier molecular flexibility index (Phi) is 4.55. The van der Waals surface area contributed by atoms with Crippen LogP contribution in [0.4, 0.5) is 0 Å². The maximum Gasteiger partial charge on any atom is 0.0876 e. The van der Waals surface area contributed by atoms with Crippen LogP contribution in [0.5, 0.6) is 0 Å². The van der Waals surface area contributed by atoms with Gasteiger partial charge in [0.15, 0.2) is 0 Å². The highest BCUT2D eigenvalue weighted by atomic mass is 16.5. The molecular formula is C21H25N3O. The Balaban J connectivity index is 1.73. The van der Waals surface area contributed by atoms with Crippen molar-refractivity contribution in [1.82, 2.24) is 14.3 Å². The first-order valence-corrected chi connectivity index (χ1v) is 9.08. The van der Waals surface area contributed by atoms with Gasteiger partial charge >= 0.3 is 0 Å². The molecule has 3 aromatic heterocycles. The van der Waals surface area contributed by atoms with Gasteiger partial charge in [-0.3, -0.25) is 9.88 Å². The molecule has 1 aliphatic heterocycles. The molecule has 0 aromatic carbocycles. The standard InChI is InChI=1S/C21H25N3O/c1-16(2)19-14-18-5-3-4-8-24(18)21(19)20-13-17(6-7-22-20)15-23-9-11-25-12-10-23/h3-8,13-14,16H,9-12,15H2,1-2H3. The summed E-state index contributed by atoms with van der Waals surface area (Å²) in [6.07, 6.45) is 4.07. The first-order chi connectivity index (χ1) is 12.2. The molecule has 0 spiro atoms. The number of ether oxygens (including phenoxy) is 1. The van der Waals surface area contributed by atoms with E-state index >= 15 is 0 Å². The average Bonchev–Trinajstić information content (AvgIpc) is 3.03. The SMILES string of the molecule is CC(C)c1cc2ccccn2c1-c1cc(CN2CCOCC2)ccn1. The Morgan fingerprint density at radius 2 is 1.96 bits per heavy atom. The number of pyridine rings is 2. The third-order valence-corrected chi connectivity index (χ3v) is 4.91. The fourth-order valence-corrected chi connectivity index (χ4v) is 3.58. The Morgan fingerprint density at radius 1 is 1.12 bits per heavy atom. The highest BCUT2D eigenvalue weighted by molar-refractivity contribution is 5.70. The van der Waals surface area contributed by atoms with Gasteiger partial charge in [-0.1, -0.05) is 19.9 Å². The number of rotatable bonds is 4. The highest BCUT2D eigenvalue weighted by Crippen LogP contribution is 2.32. The van der Waals surface area contributed by atoms with Crippen molar-refractivity contribution in [2.24, 2.45) is 0 Å². The average molecular weight is 335 g/mol. The van der Waals surface area contributed by atoms with E-state index in [0.29, 0.717) is 5.92 Å². The Hall–Kier alpha value is -2.17. The molecule has 0 radical (unpaired) electrons. The summed E-state index contributed by atoms with van der Waals surface area (Å²) in [5, 5.41) is 0. The third-order valence-electron chi connectivity index (χ3n) is 4.91. The molecule has 0 aliphatic carbocycles. The molecule has 0 unspecified atom stereocenters. The van der Waals surface area contributed by atoms with Crippen LogP contribution in [-0.2, 0) is 11.3 Å². The first kappa shape index (κ1) is 16.3. The minimum atomic E-state index is 0.458. The molecule has 1 aliphatic rings. The molecular weight excluding hydrogens is 310 g/mol. The van der Waals surface area contributed by atoms with Gasteiger partial charge in [-0.05, 0) is 47.4 Å². The van der Waals surface area contributed by atoms with Crippen LogP contribution in [-0.4, -0.2) is 40.6 Å². The molecule has 1 fully saturated rings. The van der Waals surface area contributed by atoms with Crippen LogP contribution in [0.2, 0.25) is 0 Å². The van der Waals surface area contributed by atoms with Crippen molar-refractivity contribution in [2.45, 2.75) is 26.3 Å². The minimum absolute atomic E-state index is 0.458. The lowest BCUT2D eigenvalue weighted by atomic mass is 10.0. The lowest BCUT2D eigenvalue weighted by Gasteiger charge is -2.26. The van der Waals surface area contributed by atoms with Gasteiger partial charge in [-0.25, -0.2) is 0 Å². The molecule has 4 rings (SSSR count). The molecule has 0 amide bonds. The maximum absolute atomic E-state index is 5.45. The van der Waals surface area contributed by atoms with Gasteiger partial charge in [0, 0.05) is 37.5 Å². The second kappa shape index (κ2) is 6.98. The van der Waals surface area contributed by atoms with E-state index in [2.05, 4.69) is 65.7 Å². The van der Waals surface area contributed by atoms with E-state index in [1.54, 1.807) is 0 Å². The maximum atomic E-state index is 5.45. The van der Waals surface area contributed by atoms with Gasteiger partial charge in [0.05, 0.1) is 24.6 Å². The zero-order valence-corrected chi connectivity index (χ0v) is 15.0. The van der Waals surface area contributed by atoms with E-state index in [0.717, 1.165) is 38.5 Å². The summed E-state index contributed by atoms with van der Waals surface area (Å²) < 4.78 is 7.71. The van der Waals surface area contributed by atoms with E-state index in [-0.39, 0.29) is 0 Å². The lowest BCUT2D eigenvalue weighted by Crippen LogP contribution is -2.35. The van der Waals surface area contributed by atoms with E-state index in [1.807, 2.05) is 6.20 Å². The molecule has 1 saturated heterocycles. The molecule has 4 heterocycles. The van der Waals surface area contributed by atoms with E-state index in [9.17, 15) is 0 Å². The van der Waals surface area contributed by atoms with Crippen molar-refractivity contribution in [3.8, 4) is 11.4 Å². The zero-order chi connectivity index (χ0) is 17.2. The summed E-state index contributed by atoms with van der Waals surface area (Å²) in [5.41, 5.74) is 6.16. The molecule has 0 saturated carbocycles. The number of morpholine rings is 1. The minimum Gasteiger partial charge on any atom is -0.379 e. The summed E-state index contributed by atoms with van der Waals surface area (Å²) >= 11 is 0. The summed E-state index contributed by atoms with van der Waals surface area (Å²) in [7, 11) is 0. The van der Waals surface area contributed by atoms with Gasteiger partial charge in [0.25, 0.3) is 0 Å². The van der Waals surface area contributed by atoms with Gasteiger partial charge in [-0.2, -0.15) is 0 Å². The second-order valence-corrected chi connectivity index (χ2v) is 7.04. The Bertz CT molecular complexity index is 862. The van der Waals surface area contributed by atoms with Gasteiger partial charge in [0.2, 0.25) is 0 Å².